The van der Waals surface area contributed by atoms with Gasteiger partial charge in [-0.05, 0) is 18.2 Å². The van der Waals surface area contributed by atoms with E-state index in [1.807, 2.05) is 0 Å². The summed E-state index contributed by atoms with van der Waals surface area (Å²) in [6.45, 7) is 6.36. The van der Waals surface area contributed by atoms with Crippen molar-refractivity contribution < 1.29 is 9.72 Å². The molecule has 21 heavy (non-hydrogen) atoms. The monoisotopic (exact) mass is 289 g/mol. The summed E-state index contributed by atoms with van der Waals surface area (Å²) in [7, 11) is 0. The van der Waals surface area contributed by atoms with Crippen LogP contribution in [0.2, 0.25) is 0 Å². The molecule has 0 N–H and O–H groups in total. The lowest BCUT2D eigenvalue weighted by Crippen LogP contribution is -2.48. The van der Waals surface area contributed by atoms with Crippen LogP contribution in [0.1, 0.15) is 12.5 Å². The molecule has 6 nitrogen and oxygen atoms in total. The molecule has 0 unspecified atom stereocenters. The highest BCUT2D eigenvalue weighted by molar-refractivity contribution is 5.91. The largest absolute Gasteiger partial charge is 0.337 e. The van der Waals surface area contributed by atoms with Gasteiger partial charge in [-0.1, -0.05) is 19.1 Å². The second kappa shape index (κ2) is 6.99. The predicted molar refractivity (Wildman–Crippen MR) is 80.8 cm³/mol. The van der Waals surface area contributed by atoms with E-state index in [0.29, 0.717) is 5.56 Å². The van der Waals surface area contributed by atoms with E-state index in [1.165, 1.54) is 18.2 Å². The Balaban J connectivity index is 1.96. The van der Waals surface area contributed by atoms with Gasteiger partial charge in [0.05, 0.1) is 4.92 Å². The van der Waals surface area contributed by atoms with Crippen LogP contribution in [0.15, 0.2) is 30.3 Å². The number of nitro groups is 1. The average molecular weight is 289 g/mol. The molecule has 0 aliphatic carbocycles. The molecular formula is C15H19N3O3. The minimum absolute atomic E-state index is 0.0289. The molecule has 1 aliphatic rings. The summed E-state index contributed by atoms with van der Waals surface area (Å²) in [6.07, 6.45) is 3.11. The first kappa shape index (κ1) is 15.2. The summed E-state index contributed by atoms with van der Waals surface area (Å²) in [4.78, 5) is 26.4. The standard InChI is InChI=1S/C15H19N3O3/c1-2-16-8-10-17(11-9-16)15(19)7-6-13-4-3-5-14(12-13)18(20)21/h3-7,12H,2,8-11H2,1H3/b7-6+. The van der Waals surface area contributed by atoms with Crippen molar-refractivity contribution in [3.8, 4) is 0 Å². The van der Waals surface area contributed by atoms with Crippen molar-refractivity contribution in [3.63, 3.8) is 0 Å². The number of piperazine rings is 1. The summed E-state index contributed by atoms with van der Waals surface area (Å²) in [5, 5.41) is 10.7. The number of amides is 1. The molecule has 6 heteroatoms. The van der Waals surface area contributed by atoms with Crippen molar-refractivity contribution in [3.05, 3.63) is 46.0 Å². The molecule has 2 rings (SSSR count). The Morgan fingerprint density at radius 3 is 2.67 bits per heavy atom. The van der Waals surface area contributed by atoms with Crippen LogP contribution in [0.4, 0.5) is 5.69 Å². The molecule has 1 aliphatic heterocycles. The Morgan fingerprint density at radius 1 is 1.33 bits per heavy atom. The van der Waals surface area contributed by atoms with Gasteiger partial charge in [-0.25, -0.2) is 0 Å². The molecule has 0 spiro atoms. The third kappa shape index (κ3) is 4.13. The van der Waals surface area contributed by atoms with Crippen LogP contribution in [0.25, 0.3) is 6.08 Å². The number of nitrogens with zero attached hydrogens (tertiary/aromatic N) is 3. The maximum Gasteiger partial charge on any atom is 0.270 e. The first-order valence-electron chi connectivity index (χ1n) is 7.04. The lowest BCUT2D eigenvalue weighted by atomic mass is 10.2. The topological polar surface area (TPSA) is 66.7 Å². The smallest absolute Gasteiger partial charge is 0.270 e. The van der Waals surface area contributed by atoms with Crippen LogP contribution in [-0.2, 0) is 4.79 Å². The number of nitro benzene ring substituents is 1. The van der Waals surface area contributed by atoms with Crippen molar-refractivity contribution >= 4 is 17.7 Å². The molecule has 1 saturated heterocycles. The minimum atomic E-state index is -0.441. The van der Waals surface area contributed by atoms with E-state index < -0.39 is 4.92 Å². The molecule has 1 fully saturated rings. The van der Waals surface area contributed by atoms with Crippen molar-refractivity contribution in [2.75, 3.05) is 32.7 Å². The Morgan fingerprint density at radius 2 is 2.05 bits per heavy atom. The maximum atomic E-state index is 12.1. The van der Waals surface area contributed by atoms with Gasteiger partial charge in [0.25, 0.3) is 5.69 Å². The van der Waals surface area contributed by atoms with E-state index in [0.717, 1.165) is 32.7 Å². The fraction of sp³-hybridized carbons (Fsp3) is 0.400. The van der Waals surface area contributed by atoms with Crippen LogP contribution >= 0.6 is 0 Å². The molecule has 0 atom stereocenters. The van der Waals surface area contributed by atoms with E-state index in [-0.39, 0.29) is 11.6 Å². The molecular weight excluding hydrogens is 270 g/mol. The zero-order chi connectivity index (χ0) is 15.2. The van der Waals surface area contributed by atoms with E-state index in [2.05, 4.69) is 11.8 Å². The quantitative estimate of drug-likeness (QED) is 0.481. The molecule has 0 saturated carbocycles. The Hall–Kier alpha value is -2.21. The number of likely N-dealkylation sites (N-methyl/N-ethyl adjacent to an activating group) is 1. The van der Waals surface area contributed by atoms with Crippen molar-refractivity contribution in [1.29, 1.82) is 0 Å². The number of carbonyl (C=O) groups is 1. The SMILES string of the molecule is CCN1CCN(C(=O)/C=C/c2cccc([N+](=O)[O-])c2)CC1. The third-order valence-corrected chi connectivity index (χ3v) is 3.63. The van der Waals surface area contributed by atoms with Crippen LogP contribution in [-0.4, -0.2) is 53.4 Å². The Labute approximate surface area is 123 Å². The highest BCUT2D eigenvalue weighted by atomic mass is 16.6. The summed E-state index contributed by atoms with van der Waals surface area (Å²) in [5.74, 6) is -0.0442. The number of rotatable bonds is 4. The van der Waals surface area contributed by atoms with Crippen LogP contribution in [0, 0.1) is 10.1 Å². The Kier molecular flexibility index (Phi) is 5.05. The number of hydrogen-bond donors (Lipinski definition) is 0. The zero-order valence-corrected chi connectivity index (χ0v) is 12.1. The summed E-state index contributed by atoms with van der Waals surface area (Å²) < 4.78 is 0. The van der Waals surface area contributed by atoms with Crippen LogP contribution in [0.3, 0.4) is 0 Å². The molecule has 0 radical (unpaired) electrons. The first-order chi connectivity index (χ1) is 10.1. The van der Waals surface area contributed by atoms with Gasteiger partial charge < -0.3 is 9.80 Å². The highest BCUT2D eigenvalue weighted by Gasteiger charge is 2.18. The summed E-state index contributed by atoms with van der Waals surface area (Å²) in [6, 6.07) is 6.25. The van der Waals surface area contributed by atoms with Gasteiger partial charge in [0.2, 0.25) is 5.91 Å². The van der Waals surface area contributed by atoms with E-state index in [1.54, 1.807) is 23.1 Å². The zero-order valence-electron chi connectivity index (χ0n) is 12.1. The third-order valence-electron chi connectivity index (χ3n) is 3.63. The number of non-ortho nitro benzene ring substituents is 1. The van der Waals surface area contributed by atoms with Crippen LogP contribution < -0.4 is 0 Å². The molecule has 1 amide bonds. The molecule has 0 bridgehead atoms. The Bertz CT molecular complexity index is 549. The molecule has 0 aromatic heterocycles. The second-order valence-corrected chi connectivity index (χ2v) is 4.94. The second-order valence-electron chi connectivity index (χ2n) is 4.94. The molecule has 1 aromatic carbocycles. The van der Waals surface area contributed by atoms with Gasteiger partial charge in [-0.3, -0.25) is 14.9 Å². The minimum Gasteiger partial charge on any atom is -0.337 e. The van der Waals surface area contributed by atoms with E-state index in [9.17, 15) is 14.9 Å². The van der Waals surface area contributed by atoms with Gasteiger partial charge in [0.15, 0.2) is 0 Å². The van der Waals surface area contributed by atoms with Gasteiger partial charge in [-0.15, -0.1) is 0 Å². The fourth-order valence-corrected chi connectivity index (χ4v) is 2.30. The summed E-state index contributed by atoms with van der Waals surface area (Å²) >= 11 is 0. The molecule has 1 heterocycles. The molecule has 1 aromatic rings. The average Bonchev–Trinajstić information content (AvgIpc) is 2.53. The van der Waals surface area contributed by atoms with E-state index in [4.69, 9.17) is 0 Å². The van der Waals surface area contributed by atoms with Crippen molar-refractivity contribution in [2.24, 2.45) is 0 Å². The maximum absolute atomic E-state index is 12.1. The van der Waals surface area contributed by atoms with Gasteiger partial charge >= 0.3 is 0 Å². The fourth-order valence-electron chi connectivity index (χ4n) is 2.30. The van der Waals surface area contributed by atoms with E-state index >= 15 is 0 Å². The summed E-state index contributed by atoms with van der Waals surface area (Å²) in [5.41, 5.74) is 0.686. The first-order valence-corrected chi connectivity index (χ1v) is 7.04. The molecule has 112 valence electrons. The number of carbonyl (C=O) groups excluding carboxylic acids is 1. The van der Waals surface area contributed by atoms with Crippen LogP contribution in [0.5, 0.6) is 0 Å². The normalized spacial score (nSPS) is 16.3. The lowest BCUT2D eigenvalue weighted by molar-refractivity contribution is -0.384. The number of hydrogen-bond acceptors (Lipinski definition) is 4. The predicted octanol–water partition coefficient (Wildman–Crippen LogP) is 1.77. The van der Waals surface area contributed by atoms with Crippen molar-refractivity contribution in [2.45, 2.75) is 6.92 Å². The van der Waals surface area contributed by atoms with Gasteiger partial charge in [-0.2, -0.15) is 0 Å². The van der Waals surface area contributed by atoms with Gasteiger partial charge in [0.1, 0.15) is 0 Å². The highest BCUT2D eigenvalue weighted by Crippen LogP contribution is 2.14. The lowest BCUT2D eigenvalue weighted by Gasteiger charge is -2.33. The number of benzene rings is 1. The van der Waals surface area contributed by atoms with Crippen molar-refractivity contribution in [1.82, 2.24) is 9.80 Å². The van der Waals surface area contributed by atoms with Gasteiger partial charge in [0, 0.05) is 44.4 Å².